The van der Waals surface area contributed by atoms with E-state index in [-0.39, 0.29) is 12.0 Å². The molecule has 2 aromatic rings. The van der Waals surface area contributed by atoms with Crippen molar-refractivity contribution in [2.75, 3.05) is 50.6 Å². The number of piperazine rings is 1. The molecule has 0 aliphatic carbocycles. The number of para-hydroxylation sites is 1. The Kier molecular flexibility index (Phi) is 5.40. The number of hydrogen-bond donors (Lipinski definition) is 1. The van der Waals surface area contributed by atoms with Crippen molar-refractivity contribution in [1.82, 2.24) is 14.9 Å². The number of urea groups is 1. The third kappa shape index (κ3) is 3.96. The number of ether oxygens (including phenoxy) is 2. The Morgan fingerprint density at radius 1 is 1.08 bits per heavy atom. The van der Waals surface area contributed by atoms with Crippen molar-refractivity contribution in [1.29, 1.82) is 0 Å². The average Bonchev–Trinajstić information content (AvgIpc) is 2.69. The minimum Gasteiger partial charge on any atom is -0.481 e. The highest BCUT2D eigenvalue weighted by molar-refractivity contribution is 5.90. The molecule has 3 rings (SSSR count). The van der Waals surface area contributed by atoms with E-state index in [1.807, 2.05) is 31.2 Å². The molecule has 0 unspecified atom stereocenters. The molecule has 0 spiro atoms. The molecule has 2 heterocycles. The van der Waals surface area contributed by atoms with Crippen LogP contribution in [0.5, 0.6) is 11.9 Å². The summed E-state index contributed by atoms with van der Waals surface area (Å²) < 4.78 is 10.3. The zero-order chi connectivity index (χ0) is 18.5. The Morgan fingerprint density at radius 2 is 1.81 bits per heavy atom. The van der Waals surface area contributed by atoms with Gasteiger partial charge in [0.25, 0.3) is 0 Å². The van der Waals surface area contributed by atoms with Crippen LogP contribution in [0.1, 0.15) is 5.56 Å². The van der Waals surface area contributed by atoms with Gasteiger partial charge >= 0.3 is 12.0 Å². The molecule has 1 saturated heterocycles. The van der Waals surface area contributed by atoms with Crippen LogP contribution in [0.15, 0.2) is 30.3 Å². The molecule has 2 amide bonds. The van der Waals surface area contributed by atoms with Crippen LogP contribution in [0.2, 0.25) is 0 Å². The lowest BCUT2D eigenvalue weighted by Gasteiger charge is -2.35. The van der Waals surface area contributed by atoms with Gasteiger partial charge in [-0.25, -0.2) is 4.79 Å². The molecule has 0 bridgehead atoms. The van der Waals surface area contributed by atoms with Gasteiger partial charge in [-0.05, 0) is 18.6 Å². The van der Waals surface area contributed by atoms with Crippen LogP contribution in [0.25, 0.3) is 0 Å². The molecule has 138 valence electrons. The number of nitrogens with one attached hydrogen (secondary N) is 1. The number of anilines is 2. The van der Waals surface area contributed by atoms with Crippen LogP contribution in [-0.4, -0.2) is 61.3 Å². The Labute approximate surface area is 152 Å². The highest BCUT2D eigenvalue weighted by Gasteiger charge is 2.23. The number of carbonyl (C=O) groups is 1. The second-order valence-corrected chi connectivity index (χ2v) is 5.97. The normalized spacial score (nSPS) is 14.1. The summed E-state index contributed by atoms with van der Waals surface area (Å²) in [5.74, 6) is 1.18. The first-order chi connectivity index (χ1) is 12.6. The molecular weight excluding hydrogens is 334 g/mol. The quantitative estimate of drug-likeness (QED) is 0.903. The van der Waals surface area contributed by atoms with Crippen molar-refractivity contribution in [3.05, 3.63) is 35.9 Å². The summed E-state index contributed by atoms with van der Waals surface area (Å²) in [7, 11) is 3.08. The molecule has 1 aromatic heterocycles. The van der Waals surface area contributed by atoms with Crippen LogP contribution >= 0.6 is 0 Å². The van der Waals surface area contributed by atoms with Crippen molar-refractivity contribution >= 4 is 17.5 Å². The summed E-state index contributed by atoms with van der Waals surface area (Å²) in [6.07, 6.45) is 0. The third-order valence-corrected chi connectivity index (χ3v) is 4.34. The van der Waals surface area contributed by atoms with Crippen molar-refractivity contribution in [3.8, 4) is 11.9 Å². The van der Waals surface area contributed by atoms with Gasteiger partial charge in [0.2, 0.25) is 5.88 Å². The van der Waals surface area contributed by atoms with E-state index in [0.29, 0.717) is 32.1 Å². The van der Waals surface area contributed by atoms with Gasteiger partial charge in [0.1, 0.15) is 5.82 Å². The van der Waals surface area contributed by atoms with Gasteiger partial charge in [-0.2, -0.15) is 9.97 Å². The van der Waals surface area contributed by atoms with E-state index in [2.05, 4.69) is 20.2 Å². The van der Waals surface area contributed by atoms with Crippen LogP contribution in [0, 0.1) is 6.92 Å². The number of aromatic nitrogens is 2. The van der Waals surface area contributed by atoms with E-state index >= 15 is 0 Å². The van der Waals surface area contributed by atoms with E-state index in [0.717, 1.165) is 17.1 Å². The SMILES string of the molecule is COc1cc(N2CCN(C(=O)Nc3ccccc3C)CC2)nc(OC)n1. The van der Waals surface area contributed by atoms with Gasteiger partial charge in [0, 0.05) is 37.9 Å². The molecule has 1 fully saturated rings. The monoisotopic (exact) mass is 357 g/mol. The second kappa shape index (κ2) is 7.90. The summed E-state index contributed by atoms with van der Waals surface area (Å²) in [6, 6.07) is 9.69. The maximum absolute atomic E-state index is 12.5. The summed E-state index contributed by atoms with van der Waals surface area (Å²) in [5, 5.41) is 2.97. The minimum atomic E-state index is -0.0863. The minimum absolute atomic E-state index is 0.0863. The molecule has 1 N–H and O–H groups in total. The van der Waals surface area contributed by atoms with E-state index in [1.165, 1.54) is 7.11 Å². The summed E-state index contributed by atoms with van der Waals surface area (Å²) in [4.78, 5) is 24.9. The number of benzene rings is 1. The van der Waals surface area contributed by atoms with Crippen LogP contribution in [0.3, 0.4) is 0 Å². The van der Waals surface area contributed by atoms with Gasteiger partial charge in [0.05, 0.1) is 14.2 Å². The smallest absolute Gasteiger partial charge is 0.321 e. The fourth-order valence-corrected chi connectivity index (χ4v) is 2.80. The molecule has 8 nitrogen and oxygen atoms in total. The lowest BCUT2D eigenvalue weighted by Crippen LogP contribution is -2.50. The highest BCUT2D eigenvalue weighted by atomic mass is 16.5. The molecule has 1 aliphatic rings. The first kappa shape index (κ1) is 17.8. The molecule has 0 radical (unpaired) electrons. The number of hydrogen-bond acceptors (Lipinski definition) is 6. The Bertz CT molecular complexity index is 753. The van der Waals surface area contributed by atoms with Crippen LogP contribution in [0.4, 0.5) is 16.3 Å². The predicted molar refractivity (Wildman–Crippen MR) is 99.1 cm³/mol. The van der Waals surface area contributed by atoms with E-state index in [9.17, 15) is 4.79 Å². The summed E-state index contributed by atoms with van der Waals surface area (Å²) >= 11 is 0. The topological polar surface area (TPSA) is 79.8 Å². The first-order valence-corrected chi connectivity index (χ1v) is 8.44. The number of amides is 2. The van der Waals surface area contributed by atoms with Gasteiger partial charge in [-0.1, -0.05) is 18.2 Å². The average molecular weight is 357 g/mol. The predicted octanol–water partition coefficient (Wildman–Crippen LogP) is 2.16. The molecular formula is C18H23N5O3. The van der Waals surface area contributed by atoms with Crippen molar-refractivity contribution < 1.29 is 14.3 Å². The fraction of sp³-hybridized carbons (Fsp3) is 0.389. The molecule has 1 aromatic carbocycles. The Hall–Kier alpha value is -3.03. The zero-order valence-electron chi connectivity index (χ0n) is 15.2. The largest absolute Gasteiger partial charge is 0.481 e. The molecule has 0 atom stereocenters. The molecule has 0 saturated carbocycles. The third-order valence-electron chi connectivity index (χ3n) is 4.34. The fourth-order valence-electron chi connectivity index (χ4n) is 2.80. The standard InChI is InChI=1S/C18H23N5O3/c1-13-6-4-5-7-14(13)19-18(24)23-10-8-22(9-11-23)15-12-16(25-2)21-17(20-15)26-3/h4-7,12H,8-11H2,1-3H3,(H,19,24). The zero-order valence-corrected chi connectivity index (χ0v) is 15.2. The Morgan fingerprint density at radius 3 is 2.46 bits per heavy atom. The number of aryl methyl sites for hydroxylation is 1. The number of rotatable bonds is 4. The number of methoxy groups -OCH3 is 2. The van der Waals surface area contributed by atoms with Crippen LogP contribution in [-0.2, 0) is 0 Å². The van der Waals surface area contributed by atoms with Gasteiger partial charge in [-0.3, -0.25) is 0 Å². The molecule has 8 heteroatoms. The number of carbonyl (C=O) groups excluding carboxylic acids is 1. The van der Waals surface area contributed by atoms with Crippen molar-refractivity contribution in [3.63, 3.8) is 0 Å². The van der Waals surface area contributed by atoms with Crippen molar-refractivity contribution in [2.45, 2.75) is 6.92 Å². The lowest BCUT2D eigenvalue weighted by molar-refractivity contribution is 0.208. The maximum atomic E-state index is 12.5. The Balaban J connectivity index is 1.62. The summed E-state index contributed by atoms with van der Waals surface area (Å²) in [5.41, 5.74) is 1.88. The van der Waals surface area contributed by atoms with Crippen LogP contribution < -0.4 is 19.7 Å². The number of nitrogens with zero attached hydrogens (tertiary/aromatic N) is 4. The molecule has 1 aliphatic heterocycles. The maximum Gasteiger partial charge on any atom is 0.321 e. The summed E-state index contributed by atoms with van der Waals surface area (Å²) in [6.45, 7) is 4.52. The van der Waals surface area contributed by atoms with E-state index in [4.69, 9.17) is 9.47 Å². The lowest BCUT2D eigenvalue weighted by atomic mass is 10.2. The van der Waals surface area contributed by atoms with E-state index < -0.39 is 0 Å². The second-order valence-electron chi connectivity index (χ2n) is 5.97. The van der Waals surface area contributed by atoms with Crippen molar-refractivity contribution in [2.24, 2.45) is 0 Å². The first-order valence-electron chi connectivity index (χ1n) is 8.44. The van der Waals surface area contributed by atoms with Gasteiger partial charge in [-0.15, -0.1) is 0 Å². The van der Waals surface area contributed by atoms with Gasteiger partial charge < -0.3 is 24.6 Å². The molecule has 26 heavy (non-hydrogen) atoms. The van der Waals surface area contributed by atoms with Gasteiger partial charge in [0.15, 0.2) is 0 Å². The highest BCUT2D eigenvalue weighted by Crippen LogP contribution is 2.22. The van der Waals surface area contributed by atoms with E-state index in [1.54, 1.807) is 18.1 Å².